The number of nitrogen functional groups attached to an aromatic ring is 1. The Hall–Kier alpha value is -1.79. The van der Waals surface area contributed by atoms with E-state index < -0.39 is 0 Å². The molecule has 110 valence electrons. The van der Waals surface area contributed by atoms with Gasteiger partial charge in [0.2, 0.25) is 0 Å². The van der Waals surface area contributed by atoms with Crippen molar-refractivity contribution in [1.29, 1.82) is 0 Å². The molecule has 4 N–H and O–H groups in total. The molecule has 1 fully saturated rings. The van der Waals surface area contributed by atoms with Crippen molar-refractivity contribution in [3.05, 3.63) is 41.0 Å². The molecule has 0 saturated carbocycles. The highest BCUT2D eigenvalue weighted by Gasteiger charge is 2.10. The summed E-state index contributed by atoms with van der Waals surface area (Å²) in [5, 5.41) is 6.61. The summed E-state index contributed by atoms with van der Waals surface area (Å²) in [6.45, 7) is 4.18. The Balaban J connectivity index is 1.73. The van der Waals surface area contributed by atoms with Gasteiger partial charge in [0, 0.05) is 37.6 Å². The van der Waals surface area contributed by atoms with Crippen LogP contribution in [0.1, 0.15) is 0 Å². The van der Waals surface area contributed by atoms with Crippen LogP contribution in [-0.4, -0.2) is 31.2 Å². The van der Waals surface area contributed by atoms with Gasteiger partial charge in [0.05, 0.1) is 5.69 Å². The van der Waals surface area contributed by atoms with Gasteiger partial charge >= 0.3 is 0 Å². The van der Waals surface area contributed by atoms with E-state index in [0.717, 1.165) is 36.5 Å². The second-order valence-corrected chi connectivity index (χ2v) is 5.79. The van der Waals surface area contributed by atoms with Crippen LogP contribution in [0.15, 0.2) is 41.0 Å². The minimum absolute atomic E-state index is 0.629. The first kappa shape index (κ1) is 14.2. The first-order valence-electron chi connectivity index (χ1n) is 6.97. The molecule has 0 atom stereocenters. The van der Waals surface area contributed by atoms with Gasteiger partial charge in [-0.2, -0.15) is 0 Å². The molecular formula is C15H18BrN5. The van der Waals surface area contributed by atoms with Crippen LogP contribution in [0.5, 0.6) is 0 Å². The molecule has 1 aromatic carbocycles. The van der Waals surface area contributed by atoms with Gasteiger partial charge < -0.3 is 21.3 Å². The van der Waals surface area contributed by atoms with E-state index in [1.165, 1.54) is 5.69 Å². The number of aromatic nitrogens is 1. The summed E-state index contributed by atoms with van der Waals surface area (Å²) in [6, 6.07) is 12.0. The number of hydrogen-bond donors (Lipinski definition) is 3. The average Bonchev–Trinajstić information content (AvgIpc) is 2.53. The van der Waals surface area contributed by atoms with Crippen LogP contribution >= 0.6 is 15.9 Å². The lowest BCUT2D eigenvalue weighted by Crippen LogP contribution is -2.43. The number of pyridine rings is 1. The van der Waals surface area contributed by atoms with Crippen molar-refractivity contribution in [3.63, 3.8) is 0 Å². The first-order chi connectivity index (χ1) is 10.2. The molecule has 2 aromatic rings. The number of rotatable bonds is 3. The fraction of sp³-hybridized carbons (Fsp3) is 0.267. The third-order valence-electron chi connectivity index (χ3n) is 3.50. The topological polar surface area (TPSA) is 66.2 Å². The number of anilines is 4. The quantitative estimate of drug-likeness (QED) is 0.744. The number of nitrogens with two attached hydrogens (primary N) is 1. The summed E-state index contributed by atoms with van der Waals surface area (Å²) < 4.78 is 0.761. The van der Waals surface area contributed by atoms with Crippen molar-refractivity contribution in [2.75, 3.05) is 42.1 Å². The third kappa shape index (κ3) is 3.46. The van der Waals surface area contributed by atoms with Gasteiger partial charge in [-0.05, 0) is 52.3 Å². The Morgan fingerprint density at radius 2 is 1.81 bits per heavy atom. The smallest absolute Gasteiger partial charge is 0.154 e. The second kappa shape index (κ2) is 6.32. The fourth-order valence-corrected chi connectivity index (χ4v) is 2.67. The van der Waals surface area contributed by atoms with Crippen molar-refractivity contribution in [1.82, 2.24) is 10.3 Å². The van der Waals surface area contributed by atoms with Crippen LogP contribution in [0.2, 0.25) is 0 Å². The van der Waals surface area contributed by atoms with Crippen LogP contribution < -0.4 is 21.3 Å². The molecule has 2 heterocycles. The van der Waals surface area contributed by atoms with Crippen LogP contribution in [0, 0.1) is 0 Å². The molecule has 1 saturated heterocycles. The minimum Gasteiger partial charge on any atom is -0.396 e. The highest BCUT2D eigenvalue weighted by atomic mass is 79.9. The third-order valence-corrected chi connectivity index (χ3v) is 3.95. The van der Waals surface area contributed by atoms with E-state index >= 15 is 0 Å². The molecule has 1 aliphatic heterocycles. The standard InChI is InChI=1S/C15H18BrN5/c16-14-6-5-13(17)15(20-14)19-11-1-3-12(4-2-11)21-9-7-18-8-10-21/h1-6,18H,7-10,17H2,(H,19,20). The highest BCUT2D eigenvalue weighted by Crippen LogP contribution is 2.25. The number of nitrogens with one attached hydrogen (secondary N) is 2. The molecular weight excluding hydrogens is 330 g/mol. The van der Waals surface area contributed by atoms with Gasteiger partial charge in [-0.15, -0.1) is 0 Å². The lowest BCUT2D eigenvalue weighted by atomic mass is 10.2. The van der Waals surface area contributed by atoms with Crippen molar-refractivity contribution < 1.29 is 0 Å². The van der Waals surface area contributed by atoms with Gasteiger partial charge in [0.25, 0.3) is 0 Å². The molecule has 0 aliphatic carbocycles. The molecule has 5 nitrogen and oxygen atoms in total. The molecule has 21 heavy (non-hydrogen) atoms. The maximum absolute atomic E-state index is 5.92. The molecule has 1 aromatic heterocycles. The number of hydrogen-bond acceptors (Lipinski definition) is 5. The molecule has 6 heteroatoms. The molecule has 0 radical (unpaired) electrons. The maximum atomic E-state index is 5.92. The zero-order valence-electron chi connectivity index (χ0n) is 11.6. The van der Waals surface area contributed by atoms with E-state index in [0.29, 0.717) is 11.5 Å². The molecule has 0 unspecified atom stereocenters. The summed E-state index contributed by atoms with van der Waals surface area (Å²) in [7, 11) is 0. The van der Waals surface area contributed by atoms with Crippen molar-refractivity contribution in [3.8, 4) is 0 Å². The highest BCUT2D eigenvalue weighted by molar-refractivity contribution is 9.10. The molecule has 0 amide bonds. The van der Waals surface area contributed by atoms with E-state index in [2.05, 4.69) is 60.7 Å². The second-order valence-electron chi connectivity index (χ2n) is 4.98. The maximum Gasteiger partial charge on any atom is 0.154 e. The van der Waals surface area contributed by atoms with Gasteiger partial charge in [0.1, 0.15) is 4.60 Å². The molecule has 1 aliphatic rings. The fourth-order valence-electron chi connectivity index (χ4n) is 2.36. The Morgan fingerprint density at radius 1 is 1.10 bits per heavy atom. The Kier molecular flexibility index (Phi) is 4.26. The Labute approximate surface area is 132 Å². The van der Waals surface area contributed by atoms with Gasteiger partial charge in [-0.25, -0.2) is 4.98 Å². The summed E-state index contributed by atoms with van der Waals surface area (Å²) in [4.78, 5) is 6.72. The summed E-state index contributed by atoms with van der Waals surface area (Å²) >= 11 is 3.35. The number of benzene rings is 1. The zero-order valence-corrected chi connectivity index (χ0v) is 13.2. The average molecular weight is 348 g/mol. The Morgan fingerprint density at radius 3 is 2.52 bits per heavy atom. The number of piperazine rings is 1. The first-order valence-corrected chi connectivity index (χ1v) is 7.76. The van der Waals surface area contributed by atoms with Crippen molar-refractivity contribution in [2.24, 2.45) is 0 Å². The van der Waals surface area contributed by atoms with E-state index in [1.807, 2.05) is 12.1 Å². The van der Waals surface area contributed by atoms with Gasteiger partial charge in [-0.1, -0.05) is 0 Å². The van der Waals surface area contributed by atoms with E-state index in [-0.39, 0.29) is 0 Å². The SMILES string of the molecule is Nc1ccc(Br)nc1Nc1ccc(N2CCNCC2)cc1. The summed E-state index contributed by atoms with van der Waals surface area (Å²) in [5.74, 6) is 0.666. The normalized spacial score (nSPS) is 15.0. The monoisotopic (exact) mass is 347 g/mol. The predicted octanol–water partition coefficient (Wildman–Crippen LogP) is 2.58. The summed E-state index contributed by atoms with van der Waals surface area (Å²) in [5.41, 5.74) is 8.78. The lowest BCUT2D eigenvalue weighted by Gasteiger charge is -2.29. The van der Waals surface area contributed by atoms with Gasteiger partial charge in [-0.3, -0.25) is 0 Å². The van der Waals surface area contributed by atoms with E-state index in [1.54, 1.807) is 0 Å². The number of nitrogens with zero attached hydrogens (tertiary/aromatic N) is 2. The van der Waals surface area contributed by atoms with Gasteiger partial charge in [0.15, 0.2) is 5.82 Å². The van der Waals surface area contributed by atoms with Crippen molar-refractivity contribution >= 4 is 38.8 Å². The van der Waals surface area contributed by atoms with Crippen LogP contribution in [-0.2, 0) is 0 Å². The minimum atomic E-state index is 0.629. The molecule has 3 rings (SSSR count). The number of halogens is 1. The predicted molar refractivity (Wildman–Crippen MR) is 91.2 cm³/mol. The van der Waals surface area contributed by atoms with Crippen LogP contribution in [0.3, 0.4) is 0 Å². The summed E-state index contributed by atoms with van der Waals surface area (Å²) in [6.07, 6.45) is 0. The van der Waals surface area contributed by atoms with Crippen LogP contribution in [0.25, 0.3) is 0 Å². The van der Waals surface area contributed by atoms with E-state index in [4.69, 9.17) is 5.73 Å². The van der Waals surface area contributed by atoms with E-state index in [9.17, 15) is 0 Å². The lowest BCUT2D eigenvalue weighted by molar-refractivity contribution is 0.589. The van der Waals surface area contributed by atoms with Crippen molar-refractivity contribution in [2.45, 2.75) is 0 Å². The molecule has 0 spiro atoms. The molecule has 0 bridgehead atoms. The Bertz CT molecular complexity index is 608. The largest absolute Gasteiger partial charge is 0.396 e. The zero-order chi connectivity index (χ0) is 14.7. The van der Waals surface area contributed by atoms with Crippen LogP contribution in [0.4, 0.5) is 22.9 Å².